The lowest BCUT2D eigenvalue weighted by molar-refractivity contribution is -0.168. The van der Waals surface area contributed by atoms with Crippen LogP contribution in [0.2, 0.25) is 0 Å². The van der Waals surface area contributed by atoms with Crippen LogP contribution in [0.3, 0.4) is 0 Å². The minimum Gasteiger partial charge on any atom is -0.473 e. The molecule has 100 valence electrons. The Morgan fingerprint density at radius 3 is 2.24 bits per heavy atom. The molecule has 0 saturated carbocycles. The third-order valence-corrected chi connectivity index (χ3v) is 2.53. The molecule has 0 spiro atoms. The summed E-state index contributed by atoms with van der Waals surface area (Å²) in [5.41, 5.74) is 0. The number of carboxylic acids is 1. The molecule has 17 heavy (non-hydrogen) atoms. The number of aliphatic hydroxyl groups excluding tert-OH is 1. The van der Waals surface area contributed by atoms with Gasteiger partial charge in [0, 0.05) is 0 Å². The number of ether oxygens (including phenoxy) is 1. The quantitative estimate of drug-likeness (QED) is 0.367. The number of unbranched alkanes of at least 4 members (excludes halogenated alkanes) is 5. The molecule has 0 aliphatic rings. The zero-order chi connectivity index (χ0) is 13.1. The molecule has 0 radical (unpaired) electrons. The smallest absolute Gasteiger partial charge is 0.417 e. The van der Waals surface area contributed by atoms with Crippen molar-refractivity contribution in [1.29, 1.82) is 0 Å². The van der Waals surface area contributed by atoms with Crippen molar-refractivity contribution in [2.24, 2.45) is 0 Å². The molecular weight excluding hydrogens is 224 g/mol. The van der Waals surface area contributed by atoms with E-state index in [9.17, 15) is 9.59 Å². The van der Waals surface area contributed by atoms with Crippen molar-refractivity contribution in [2.45, 2.75) is 58.0 Å². The maximum Gasteiger partial charge on any atom is 0.417 e. The van der Waals surface area contributed by atoms with E-state index >= 15 is 0 Å². The Morgan fingerprint density at radius 1 is 1.12 bits per heavy atom. The molecule has 0 aliphatic carbocycles. The van der Waals surface area contributed by atoms with Crippen LogP contribution < -0.4 is 0 Å². The minimum absolute atomic E-state index is 0.325. The number of rotatable bonds is 9. The van der Waals surface area contributed by atoms with E-state index in [1.165, 1.54) is 19.3 Å². The van der Waals surface area contributed by atoms with Crippen LogP contribution in [-0.2, 0) is 14.3 Å². The van der Waals surface area contributed by atoms with Gasteiger partial charge in [-0.2, -0.15) is 0 Å². The Bertz CT molecular complexity index is 227. The minimum atomic E-state index is -1.62. The van der Waals surface area contributed by atoms with Crippen molar-refractivity contribution >= 4 is 11.9 Å². The van der Waals surface area contributed by atoms with Gasteiger partial charge in [-0.1, -0.05) is 39.0 Å². The van der Waals surface area contributed by atoms with Gasteiger partial charge < -0.3 is 14.9 Å². The van der Waals surface area contributed by atoms with Gasteiger partial charge in [0.05, 0.1) is 6.61 Å². The number of carbonyl (C=O) groups excluding carboxylic acids is 1. The number of hydrogen-bond acceptors (Lipinski definition) is 4. The lowest BCUT2D eigenvalue weighted by Gasteiger charge is -2.13. The zero-order valence-corrected chi connectivity index (χ0v) is 10.4. The van der Waals surface area contributed by atoms with Crippen molar-refractivity contribution in [2.75, 3.05) is 6.61 Å². The van der Waals surface area contributed by atoms with Crippen LogP contribution in [0.4, 0.5) is 0 Å². The Balaban J connectivity index is 3.61. The molecule has 0 fully saturated rings. The fourth-order valence-electron chi connectivity index (χ4n) is 1.54. The summed E-state index contributed by atoms with van der Waals surface area (Å²) in [7, 11) is 0. The van der Waals surface area contributed by atoms with Gasteiger partial charge in [0.15, 0.2) is 0 Å². The first-order valence-corrected chi connectivity index (χ1v) is 6.16. The van der Waals surface area contributed by atoms with E-state index in [-0.39, 0.29) is 6.61 Å². The fourth-order valence-corrected chi connectivity index (χ4v) is 1.54. The van der Waals surface area contributed by atoms with Gasteiger partial charge >= 0.3 is 11.9 Å². The fraction of sp³-hybridized carbons (Fsp3) is 0.833. The molecule has 1 atom stereocenters. The number of aliphatic carboxylic acids is 1. The van der Waals surface area contributed by atoms with Gasteiger partial charge in [-0.15, -0.1) is 0 Å². The van der Waals surface area contributed by atoms with Gasteiger partial charge in [0.25, 0.3) is 0 Å². The van der Waals surface area contributed by atoms with Crippen LogP contribution in [0, 0.1) is 0 Å². The molecule has 0 rings (SSSR count). The normalized spacial score (nSPS) is 12.1. The van der Waals surface area contributed by atoms with Crippen LogP contribution in [0.5, 0.6) is 0 Å². The number of esters is 1. The summed E-state index contributed by atoms with van der Waals surface area (Å²) in [5.74, 6) is -2.92. The van der Waals surface area contributed by atoms with Crippen molar-refractivity contribution in [1.82, 2.24) is 0 Å². The Morgan fingerprint density at radius 2 is 1.71 bits per heavy atom. The van der Waals surface area contributed by atoms with Gasteiger partial charge in [0.2, 0.25) is 0 Å². The lowest BCUT2D eigenvalue weighted by atomic mass is 10.1. The van der Waals surface area contributed by atoms with Gasteiger partial charge in [0.1, 0.15) is 6.10 Å². The molecular formula is C12H22O5. The third kappa shape index (κ3) is 8.68. The monoisotopic (exact) mass is 246 g/mol. The van der Waals surface area contributed by atoms with E-state index < -0.39 is 18.0 Å². The first-order valence-electron chi connectivity index (χ1n) is 6.16. The average Bonchev–Trinajstić information content (AvgIpc) is 2.31. The average molecular weight is 246 g/mol. The third-order valence-electron chi connectivity index (χ3n) is 2.53. The molecule has 5 nitrogen and oxygen atoms in total. The number of aliphatic hydroxyl groups is 1. The molecule has 2 N–H and O–H groups in total. The standard InChI is InChI=1S/C12H22O5/c1-2-3-4-5-6-7-8-10(9-13)17-12(16)11(14)15/h10,13H,2-9H2,1H3,(H,14,15). The molecule has 0 saturated heterocycles. The SMILES string of the molecule is CCCCCCCCC(CO)OC(=O)C(=O)O. The first-order chi connectivity index (χ1) is 8.11. The van der Waals surface area contributed by atoms with E-state index in [4.69, 9.17) is 10.2 Å². The maximum atomic E-state index is 10.8. The van der Waals surface area contributed by atoms with Crippen LogP contribution in [0.15, 0.2) is 0 Å². The van der Waals surface area contributed by atoms with Crippen molar-refractivity contribution in [3.05, 3.63) is 0 Å². The van der Waals surface area contributed by atoms with Crippen molar-refractivity contribution in [3.8, 4) is 0 Å². The van der Waals surface area contributed by atoms with Crippen LogP contribution >= 0.6 is 0 Å². The molecule has 0 aromatic rings. The van der Waals surface area contributed by atoms with E-state index in [2.05, 4.69) is 11.7 Å². The Labute approximate surface area is 102 Å². The number of carboxylic acid groups (broad SMARTS) is 1. The van der Waals surface area contributed by atoms with Crippen molar-refractivity contribution in [3.63, 3.8) is 0 Å². The van der Waals surface area contributed by atoms with E-state index in [0.29, 0.717) is 6.42 Å². The van der Waals surface area contributed by atoms with Crippen LogP contribution in [0.25, 0.3) is 0 Å². The highest BCUT2D eigenvalue weighted by molar-refractivity contribution is 6.28. The van der Waals surface area contributed by atoms with Gasteiger partial charge in [-0.25, -0.2) is 9.59 Å². The van der Waals surface area contributed by atoms with Crippen LogP contribution in [-0.4, -0.2) is 34.9 Å². The maximum absolute atomic E-state index is 10.8. The molecule has 0 heterocycles. The van der Waals surface area contributed by atoms with Crippen LogP contribution in [0.1, 0.15) is 51.9 Å². The largest absolute Gasteiger partial charge is 0.473 e. The second kappa shape index (κ2) is 10.1. The van der Waals surface area contributed by atoms with E-state index in [1.807, 2.05) is 0 Å². The highest BCUT2D eigenvalue weighted by Gasteiger charge is 2.18. The summed E-state index contributed by atoms with van der Waals surface area (Å²) in [6, 6.07) is 0. The number of hydrogen-bond donors (Lipinski definition) is 2. The topological polar surface area (TPSA) is 83.8 Å². The summed E-state index contributed by atoms with van der Waals surface area (Å²) in [5, 5.41) is 17.3. The highest BCUT2D eigenvalue weighted by Crippen LogP contribution is 2.10. The molecule has 0 bridgehead atoms. The molecule has 0 aliphatic heterocycles. The second-order valence-electron chi connectivity index (χ2n) is 4.07. The Hall–Kier alpha value is -1.10. The Kier molecular flexibility index (Phi) is 9.43. The van der Waals surface area contributed by atoms with Gasteiger partial charge in [-0.3, -0.25) is 0 Å². The lowest BCUT2D eigenvalue weighted by Crippen LogP contribution is -2.26. The zero-order valence-electron chi connectivity index (χ0n) is 10.4. The summed E-state index contributed by atoms with van der Waals surface area (Å²) in [6.07, 6.45) is 6.40. The highest BCUT2D eigenvalue weighted by atomic mass is 16.6. The summed E-state index contributed by atoms with van der Waals surface area (Å²) < 4.78 is 4.60. The summed E-state index contributed by atoms with van der Waals surface area (Å²) >= 11 is 0. The summed E-state index contributed by atoms with van der Waals surface area (Å²) in [4.78, 5) is 21.0. The molecule has 0 aromatic heterocycles. The molecule has 5 heteroatoms. The predicted molar refractivity (Wildman–Crippen MR) is 62.6 cm³/mol. The number of carbonyl (C=O) groups is 2. The van der Waals surface area contributed by atoms with Gasteiger partial charge in [-0.05, 0) is 12.8 Å². The second-order valence-corrected chi connectivity index (χ2v) is 4.07. The van der Waals surface area contributed by atoms with E-state index in [1.54, 1.807) is 0 Å². The van der Waals surface area contributed by atoms with Crippen molar-refractivity contribution < 1.29 is 24.5 Å². The molecule has 0 amide bonds. The predicted octanol–water partition coefficient (Wildman–Crippen LogP) is 1.73. The summed E-state index contributed by atoms with van der Waals surface area (Å²) in [6.45, 7) is 1.82. The van der Waals surface area contributed by atoms with E-state index in [0.717, 1.165) is 19.3 Å². The molecule has 1 unspecified atom stereocenters. The molecule has 0 aromatic carbocycles. The first kappa shape index (κ1) is 15.9.